The Morgan fingerprint density at radius 3 is 1.00 bits per heavy atom. The molecule has 0 atom stereocenters. The van der Waals surface area contributed by atoms with Gasteiger partial charge in [0.25, 0.3) is 0 Å². The van der Waals surface area contributed by atoms with Gasteiger partial charge in [0.2, 0.25) is 0 Å². The van der Waals surface area contributed by atoms with Crippen LogP contribution in [0, 0.1) is 0 Å². The third kappa shape index (κ3) is 37.4. The molecule has 2 N–H and O–H groups in total. The molecule has 0 saturated heterocycles. The molecular formula is H5K3O3Si. The van der Waals surface area contributed by atoms with Gasteiger partial charge in [-0.25, -0.2) is 0 Å². The molecule has 7 heavy (non-hydrogen) atoms. The van der Waals surface area contributed by atoms with Crippen LogP contribution in [0.25, 0.3) is 0 Å². The zero-order valence-electron chi connectivity index (χ0n) is 1.80. The molecule has 0 bridgehead atoms. The van der Waals surface area contributed by atoms with Crippen molar-refractivity contribution in [1.82, 2.24) is 0 Å². The second-order valence-corrected chi connectivity index (χ2v) is 0.848. The summed E-state index contributed by atoms with van der Waals surface area (Å²) >= 11 is 0. The summed E-state index contributed by atoms with van der Waals surface area (Å²) in [6.07, 6.45) is 0. The molecule has 0 heterocycles. The van der Waals surface area contributed by atoms with E-state index in [0.717, 1.165) is 0 Å². The van der Waals surface area contributed by atoms with E-state index in [1.54, 1.807) is 0 Å². The van der Waals surface area contributed by atoms with E-state index < -0.39 is 9.17 Å². The standard InChI is InChI=1S/3K.H2O3Si.3H/c;;;1-4(2)3;;;/h;;;1-2H;;;. The summed E-state index contributed by atoms with van der Waals surface area (Å²) in [5.74, 6) is 0. The molecule has 0 aromatic rings. The zero-order chi connectivity index (χ0) is 3.58. The molecule has 7 heteroatoms. The Bertz CT molecular complexity index is 33.2. The molecule has 0 fully saturated rings. The van der Waals surface area contributed by atoms with E-state index in [1.807, 2.05) is 0 Å². The Labute approximate surface area is 171 Å². The third-order valence-electron chi connectivity index (χ3n) is 0. The van der Waals surface area contributed by atoms with E-state index in [9.17, 15) is 0 Å². The molecule has 0 rings (SSSR count). The fourth-order valence-corrected chi connectivity index (χ4v) is 0. The minimum atomic E-state index is -3.13. The van der Waals surface area contributed by atoms with Crippen molar-refractivity contribution in [2.75, 3.05) is 0 Å². The summed E-state index contributed by atoms with van der Waals surface area (Å²) < 4.78 is 8.74. The Hall–Kier alpha value is 4.53. The van der Waals surface area contributed by atoms with Crippen molar-refractivity contribution in [2.24, 2.45) is 0 Å². The average molecular weight is 198 g/mol. The van der Waals surface area contributed by atoms with Gasteiger partial charge in [0.1, 0.15) is 0 Å². The van der Waals surface area contributed by atoms with Crippen LogP contribution in [0.1, 0.15) is 0 Å². The van der Waals surface area contributed by atoms with E-state index in [2.05, 4.69) is 0 Å². The van der Waals surface area contributed by atoms with Gasteiger partial charge in [-0.3, -0.25) is 4.46 Å². The topological polar surface area (TPSA) is 57.5 Å². The van der Waals surface area contributed by atoms with Crippen LogP contribution in [0.2, 0.25) is 0 Å². The molecule has 0 amide bonds. The van der Waals surface area contributed by atoms with E-state index in [-0.39, 0.29) is 154 Å². The van der Waals surface area contributed by atoms with E-state index in [1.165, 1.54) is 0 Å². The van der Waals surface area contributed by atoms with Gasteiger partial charge in [-0.15, -0.1) is 0 Å². The van der Waals surface area contributed by atoms with Crippen molar-refractivity contribution in [3.05, 3.63) is 0 Å². The summed E-state index contributed by atoms with van der Waals surface area (Å²) in [6, 6.07) is 0. The SMILES string of the molecule is O=[Si](O)O.[KH].[KH].[KH]. The number of hydrogen-bond donors (Lipinski definition) is 2. The van der Waals surface area contributed by atoms with Gasteiger partial charge in [0.15, 0.2) is 0 Å². The van der Waals surface area contributed by atoms with E-state index in [0.29, 0.717) is 0 Å². The van der Waals surface area contributed by atoms with Gasteiger partial charge in [0.05, 0.1) is 0 Å². The zero-order valence-corrected chi connectivity index (χ0v) is 2.80. The van der Waals surface area contributed by atoms with Gasteiger partial charge < -0.3 is 9.59 Å². The van der Waals surface area contributed by atoms with Crippen LogP contribution >= 0.6 is 0 Å². The predicted molar refractivity (Wildman–Crippen MR) is 32.3 cm³/mol. The Balaban J connectivity index is -0.0000000150. The molecular weight excluding hydrogens is 193 g/mol. The predicted octanol–water partition coefficient (Wildman–Crippen LogP) is -3.56. The fraction of sp³-hybridized carbons (Fsp3) is 0. The van der Waals surface area contributed by atoms with Crippen LogP contribution in [0.5, 0.6) is 0 Å². The summed E-state index contributed by atoms with van der Waals surface area (Å²) in [6.45, 7) is 0. The molecule has 0 aliphatic heterocycles. The van der Waals surface area contributed by atoms with E-state index >= 15 is 0 Å². The molecule has 0 unspecified atom stereocenters. The van der Waals surface area contributed by atoms with Crippen molar-refractivity contribution in [3.63, 3.8) is 0 Å². The van der Waals surface area contributed by atoms with Crippen LogP contribution < -0.4 is 0 Å². The average Bonchev–Trinajstić information content (AvgIpc) is 0.811. The van der Waals surface area contributed by atoms with Crippen LogP contribution in [-0.2, 0) is 4.46 Å². The van der Waals surface area contributed by atoms with Gasteiger partial charge in [-0.05, 0) is 0 Å². The first-order chi connectivity index (χ1) is 1.73. The molecule has 0 saturated carbocycles. The quantitative estimate of drug-likeness (QED) is 0.396. The summed E-state index contributed by atoms with van der Waals surface area (Å²) in [7, 11) is -3.13. The van der Waals surface area contributed by atoms with Crippen molar-refractivity contribution in [3.8, 4) is 0 Å². The number of rotatable bonds is 0. The summed E-state index contributed by atoms with van der Waals surface area (Å²) in [5, 5.41) is 0. The van der Waals surface area contributed by atoms with Crippen LogP contribution in [-0.4, -0.2) is 173 Å². The van der Waals surface area contributed by atoms with Gasteiger partial charge in [-0.2, -0.15) is 0 Å². The monoisotopic (exact) mass is 198 g/mol. The van der Waals surface area contributed by atoms with Crippen molar-refractivity contribution in [2.45, 2.75) is 0 Å². The van der Waals surface area contributed by atoms with Crippen LogP contribution in [0.3, 0.4) is 0 Å². The van der Waals surface area contributed by atoms with E-state index in [4.69, 9.17) is 14.1 Å². The van der Waals surface area contributed by atoms with Crippen LogP contribution in [0.15, 0.2) is 0 Å². The van der Waals surface area contributed by atoms with Crippen LogP contribution in [0.4, 0.5) is 0 Å². The van der Waals surface area contributed by atoms with Gasteiger partial charge >= 0.3 is 163 Å². The maximum absolute atomic E-state index is 8.74. The Morgan fingerprint density at radius 1 is 1.00 bits per heavy atom. The third-order valence-corrected chi connectivity index (χ3v) is 0. The molecule has 0 aliphatic carbocycles. The first kappa shape index (κ1) is 22.5. The molecule has 0 aliphatic rings. The molecule has 0 aromatic carbocycles. The second-order valence-electron chi connectivity index (χ2n) is 0.283. The summed E-state index contributed by atoms with van der Waals surface area (Å²) in [4.78, 5) is 14.3. The van der Waals surface area contributed by atoms with Crippen molar-refractivity contribution in [1.29, 1.82) is 0 Å². The molecule has 0 spiro atoms. The Morgan fingerprint density at radius 2 is 1.00 bits per heavy atom. The fourth-order valence-electron chi connectivity index (χ4n) is 0. The molecule has 30 valence electrons. The normalized spacial score (nSPS) is 3.43. The summed E-state index contributed by atoms with van der Waals surface area (Å²) in [5.41, 5.74) is 0. The van der Waals surface area contributed by atoms with Crippen molar-refractivity contribution >= 4 is 163 Å². The molecule has 0 radical (unpaired) electrons. The second kappa shape index (κ2) is 16.9. The molecule has 3 nitrogen and oxygen atoms in total. The maximum atomic E-state index is 8.74. The number of hydrogen-bond acceptors (Lipinski definition) is 1. The molecule has 0 aromatic heterocycles. The van der Waals surface area contributed by atoms with Gasteiger partial charge in [0, 0.05) is 0 Å². The minimum absolute atomic E-state index is 0. The Kier molecular flexibility index (Phi) is 54.3. The first-order valence-electron chi connectivity index (χ1n) is 0.651. The van der Waals surface area contributed by atoms with Gasteiger partial charge in [-0.1, -0.05) is 0 Å². The van der Waals surface area contributed by atoms with Crippen molar-refractivity contribution < 1.29 is 14.1 Å². The first-order valence-corrected chi connectivity index (χ1v) is 1.95.